The highest BCUT2D eigenvalue weighted by molar-refractivity contribution is 5.91. The molecule has 7 heteroatoms. The second kappa shape index (κ2) is 7.74. The van der Waals surface area contributed by atoms with E-state index in [1.165, 1.54) is 18.2 Å². The lowest BCUT2D eigenvalue weighted by Crippen LogP contribution is -2.29. The van der Waals surface area contributed by atoms with Crippen molar-refractivity contribution in [2.75, 3.05) is 30.3 Å². The third kappa shape index (κ3) is 4.76. The molecule has 1 aliphatic heterocycles. The van der Waals surface area contributed by atoms with E-state index in [2.05, 4.69) is 20.2 Å². The SMILES string of the molecule is Nc1ncc(/C=C/C(=O)NCC2CCN(c3ccc(F)cc3)C2)cn1. The number of halogens is 1. The van der Waals surface area contributed by atoms with Crippen LogP contribution in [0, 0.1) is 11.7 Å². The van der Waals surface area contributed by atoms with Crippen LogP contribution < -0.4 is 16.0 Å². The van der Waals surface area contributed by atoms with E-state index in [1.807, 2.05) is 0 Å². The monoisotopic (exact) mass is 341 g/mol. The first-order valence-electron chi connectivity index (χ1n) is 8.14. The van der Waals surface area contributed by atoms with Gasteiger partial charge in [0.15, 0.2) is 0 Å². The van der Waals surface area contributed by atoms with Gasteiger partial charge in [0, 0.05) is 49.4 Å². The smallest absolute Gasteiger partial charge is 0.244 e. The zero-order chi connectivity index (χ0) is 17.6. The Balaban J connectivity index is 1.45. The van der Waals surface area contributed by atoms with E-state index in [-0.39, 0.29) is 17.7 Å². The number of carbonyl (C=O) groups excluding carboxylic acids is 1. The minimum absolute atomic E-state index is 0.156. The number of nitrogens with one attached hydrogen (secondary N) is 1. The third-order valence-corrected chi connectivity index (χ3v) is 4.16. The van der Waals surface area contributed by atoms with E-state index in [4.69, 9.17) is 5.73 Å². The van der Waals surface area contributed by atoms with Crippen molar-refractivity contribution in [3.05, 3.63) is 54.1 Å². The van der Waals surface area contributed by atoms with E-state index in [0.29, 0.717) is 18.0 Å². The summed E-state index contributed by atoms with van der Waals surface area (Å²) in [6, 6.07) is 6.51. The molecule has 0 bridgehead atoms. The molecule has 1 aromatic heterocycles. The van der Waals surface area contributed by atoms with Gasteiger partial charge >= 0.3 is 0 Å². The number of nitrogens with zero attached hydrogens (tertiary/aromatic N) is 3. The summed E-state index contributed by atoms with van der Waals surface area (Å²) in [6.45, 7) is 2.37. The van der Waals surface area contributed by atoms with Gasteiger partial charge < -0.3 is 16.0 Å². The highest BCUT2D eigenvalue weighted by Crippen LogP contribution is 2.23. The highest BCUT2D eigenvalue weighted by atomic mass is 19.1. The molecule has 1 aliphatic rings. The summed E-state index contributed by atoms with van der Waals surface area (Å²) in [4.78, 5) is 21.8. The first kappa shape index (κ1) is 16.9. The average Bonchev–Trinajstić information content (AvgIpc) is 3.09. The van der Waals surface area contributed by atoms with Crippen molar-refractivity contribution in [3.8, 4) is 0 Å². The standard InChI is InChI=1S/C18H20FN5O/c19-15-2-4-16(5-3-15)24-8-7-14(12-24)11-21-17(25)6-1-13-9-22-18(20)23-10-13/h1-6,9-10,14H,7-8,11-12H2,(H,21,25)(H2,20,22,23)/b6-1+. The number of nitrogen functional groups attached to an aromatic ring is 1. The molecule has 25 heavy (non-hydrogen) atoms. The molecule has 2 heterocycles. The summed E-state index contributed by atoms with van der Waals surface area (Å²) in [6.07, 6.45) is 7.22. The van der Waals surface area contributed by atoms with E-state index < -0.39 is 0 Å². The Morgan fingerprint density at radius 3 is 2.76 bits per heavy atom. The molecule has 0 spiro atoms. The van der Waals surface area contributed by atoms with Crippen molar-refractivity contribution in [1.29, 1.82) is 0 Å². The van der Waals surface area contributed by atoms with E-state index in [9.17, 15) is 9.18 Å². The largest absolute Gasteiger partial charge is 0.371 e. The molecule has 1 amide bonds. The average molecular weight is 341 g/mol. The maximum Gasteiger partial charge on any atom is 0.244 e. The summed E-state index contributed by atoms with van der Waals surface area (Å²) in [5.41, 5.74) is 7.14. The molecule has 3 N–H and O–H groups in total. The summed E-state index contributed by atoms with van der Waals surface area (Å²) >= 11 is 0. The topological polar surface area (TPSA) is 84.1 Å². The van der Waals surface area contributed by atoms with Crippen LogP contribution in [0.25, 0.3) is 6.08 Å². The predicted octanol–water partition coefficient (Wildman–Crippen LogP) is 1.85. The summed E-state index contributed by atoms with van der Waals surface area (Å²) in [7, 11) is 0. The molecule has 0 saturated carbocycles. The Morgan fingerprint density at radius 2 is 2.04 bits per heavy atom. The fourth-order valence-corrected chi connectivity index (χ4v) is 2.80. The zero-order valence-electron chi connectivity index (χ0n) is 13.7. The minimum atomic E-state index is -0.231. The Bertz CT molecular complexity index is 745. The lowest BCUT2D eigenvalue weighted by atomic mass is 10.1. The van der Waals surface area contributed by atoms with Gasteiger partial charge in [-0.15, -0.1) is 0 Å². The van der Waals surface area contributed by atoms with Gasteiger partial charge in [0.05, 0.1) is 0 Å². The van der Waals surface area contributed by atoms with Crippen LogP contribution in [-0.2, 0) is 4.79 Å². The zero-order valence-corrected chi connectivity index (χ0v) is 13.7. The lowest BCUT2D eigenvalue weighted by molar-refractivity contribution is -0.116. The number of benzene rings is 1. The van der Waals surface area contributed by atoms with Crippen LogP contribution in [-0.4, -0.2) is 35.5 Å². The molecule has 1 aromatic carbocycles. The van der Waals surface area contributed by atoms with E-state index in [1.54, 1.807) is 30.6 Å². The summed E-state index contributed by atoms with van der Waals surface area (Å²) < 4.78 is 13.0. The van der Waals surface area contributed by atoms with Crippen LogP contribution in [0.5, 0.6) is 0 Å². The molecular formula is C18H20FN5O. The first-order valence-corrected chi connectivity index (χ1v) is 8.14. The summed E-state index contributed by atoms with van der Waals surface area (Å²) in [5.74, 6) is 0.193. The highest BCUT2D eigenvalue weighted by Gasteiger charge is 2.22. The molecule has 1 atom stereocenters. The van der Waals surface area contributed by atoms with Crippen LogP contribution >= 0.6 is 0 Å². The second-order valence-corrected chi connectivity index (χ2v) is 6.03. The van der Waals surface area contributed by atoms with Crippen molar-refractivity contribution in [1.82, 2.24) is 15.3 Å². The molecule has 3 rings (SSSR count). The first-order chi connectivity index (χ1) is 12.1. The number of nitrogens with two attached hydrogens (primary N) is 1. The maximum atomic E-state index is 13.0. The van der Waals surface area contributed by atoms with Crippen LogP contribution in [0.2, 0.25) is 0 Å². The van der Waals surface area contributed by atoms with E-state index in [0.717, 1.165) is 25.2 Å². The molecule has 1 unspecified atom stereocenters. The number of amides is 1. The van der Waals surface area contributed by atoms with Crippen molar-refractivity contribution >= 4 is 23.6 Å². The summed E-state index contributed by atoms with van der Waals surface area (Å²) in [5, 5.41) is 2.91. The number of rotatable bonds is 5. The normalized spacial score (nSPS) is 17.2. The maximum absolute atomic E-state index is 13.0. The van der Waals surface area contributed by atoms with Gasteiger partial charge in [0.2, 0.25) is 11.9 Å². The van der Waals surface area contributed by atoms with Gasteiger partial charge in [-0.05, 0) is 42.7 Å². The number of carbonyl (C=O) groups is 1. The van der Waals surface area contributed by atoms with Gasteiger partial charge in [-0.3, -0.25) is 4.79 Å². The van der Waals surface area contributed by atoms with Crippen LogP contribution in [0.1, 0.15) is 12.0 Å². The van der Waals surface area contributed by atoms with Crippen molar-refractivity contribution < 1.29 is 9.18 Å². The number of anilines is 2. The molecule has 1 fully saturated rings. The Hall–Kier alpha value is -2.96. The van der Waals surface area contributed by atoms with Crippen LogP contribution in [0.4, 0.5) is 16.0 Å². The van der Waals surface area contributed by atoms with Gasteiger partial charge in [-0.25, -0.2) is 14.4 Å². The van der Waals surface area contributed by atoms with Gasteiger partial charge in [-0.1, -0.05) is 0 Å². The Labute approximate surface area is 145 Å². The van der Waals surface area contributed by atoms with Crippen LogP contribution in [0.3, 0.4) is 0 Å². The van der Waals surface area contributed by atoms with Gasteiger partial charge in [-0.2, -0.15) is 0 Å². The Morgan fingerprint density at radius 1 is 1.32 bits per heavy atom. The predicted molar refractivity (Wildman–Crippen MR) is 95.2 cm³/mol. The molecule has 6 nitrogen and oxygen atoms in total. The number of hydrogen-bond donors (Lipinski definition) is 2. The van der Waals surface area contributed by atoms with Gasteiger partial charge in [0.1, 0.15) is 5.82 Å². The number of aromatic nitrogens is 2. The molecular weight excluding hydrogens is 321 g/mol. The second-order valence-electron chi connectivity index (χ2n) is 6.03. The molecule has 130 valence electrons. The molecule has 0 radical (unpaired) electrons. The van der Waals surface area contributed by atoms with Gasteiger partial charge in [0.25, 0.3) is 0 Å². The van der Waals surface area contributed by atoms with Crippen molar-refractivity contribution in [2.45, 2.75) is 6.42 Å². The fraction of sp³-hybridized carbons (Fsp3) is 0.278. The minimum Gasteiger partial charge on any atom is -0.371 e. The van der Waals surface area contributed by atoms with Crippen LogP contribution in [0.15, 0.2) is 42.7 Å². The van der Waals surface area contributed by atoms with Crippen molar-refractivity contribution in [2.24, 2.45) is 5.92 Å². The van der Waals surface area contributed by atoms with Crippen molar-refractivity contribution in [3.63, 3.8) is 0 Å². The Kier molecular flexibility index (Phi) is 5.23. The fourth-order valence-electron chi connectivity index (χ4n) is 2.80. The molecule has 0 aliphatic carbocycles. The lowest BCUT2D eigenvalue weighted by Gasteiger charge is -2.18. The number of hydrogen-bond acceptors (Lipinski definition) is 5. The quantitative estimate of drug-likeness (QED) is 0.811. The molecule has 2 aromatic rings. The molecule has 1 saturated heterocycles. The third-order valence-electron chi connectivity index (χ3n) is 4.16. The van der Waals surface area contributed by atoms with E-state index >= 15 is 0 Å².